The van der Waals surface area contributed by atoms with E-state index in [1.807, 2.05) is 20.8 Å². The molecule has 0 aromatic carbocycles. The van der Waals surface area contributed by atoms with Crippen molar-refractivity contribution in [3.63, 3.8) is 0 Å². The molecule has 0 N–H and O–H groups in total. The summed E-state index contributed by atoms with van der Waals surface area (Å²) in [5.74, 6) is 0.940. The van der Waals surface area contributed by atoms with Crippen LogP contribution in [0.2, 0.25) is 0 Å². The number of hydrogen-bond donors (Lipinski definition) is 0. The third-order valence-electron chi connectivity index (χ3n) is 3.53. The van der Waals surface area contributed by atoms with Crippen LogP contribution in [-0.2, 0) is 21.0 Å². The van der Waals surface area contributed by atoms with E-state index in [1.165, 1.54) is 0 Å². The van der Waals surface area contributed by atoms with Crippen LogP contribution in [0.1, 0.15) is 61.7 Å². The molecule has 0 bridgehead atoms. The molecule has 0 unspecified atom stereocenters. The quantitative estimate of drug-likeness (QED) is 0.851. The average molecular weight is 327 g/mol. The van der Waals surface area contributed by atoms with Gasteiger partial charge < -0.3 is 9.05 Å². The maximum absolute atomic E-state index is 12.6. The molecule has 0 aliphatic carbocycles. The summed E-state index contributed by atoms with van der Waals surface area (Å²) in [6, 6.07) is 0. The molecule has 8 heteroatoms. The fourth-order valence-corrected chi connectivity index (χ4v) is 3.36. The Kier molecular flexibility index (Phi) is 4.16. The molecule has 0 radical (unpaired) electrons. The lowest BCUT2D eigenvalue weighted by Crippen LogP contribution is -2.16. The highest BCUT2D eigenvalue weighted by Gasteiger charge is 2.32. The van der Waals surface area contributed by atoms with Crippen LogP contribution in [-0.4, -0.2) is 23.7 Å². The number of sulfone groups is 1. The van der Waals surface area contributed by atoms with Crippen molar-refractivity contribution in [1.82, 2.24) is 15.3 Å². The van der Waals surface area contributed by atoms with E-state index in [4.69, 9.17) is 9.05 Å². The second-order valence-corrected chi connectivity index (χ2v) is 8.78. The molecule has 2 rings (SSSR count). The Balaban J connectivity index is 2.28. The minimum absolute atomic E-state index is 0.108. The Morgan fingerprint density at radius 1 is 1.14 bits per heavy atom. The SMILES string of the molecule is Cc1noc(C)c1CS(=O)(=O)[C@H](C)c1nc(C(C)(C)C)no1. The van der Waals surface area contributed by atoms with Crippen LogP contribution in [0.15, 0.2) is 9.05 Å². The van der Waals surface area contributed by atoms with Gasteiger partial charge in [0.1, 0.15) is 11.0 Å². The highest BCUT2D eigenvalue weighted by Crippen LogP contribution is 2.28. The highest BCUT2D eigenvalue weighted by atomic mass is 32.2. The van der Waals surface area contributed by atoms with Crippen LogP contribution < -0.4 is 0 Å². The Hall–Kier alpha value is -1.70. The molecule has 0 amide bonds. The maximum atomic E-state index is 12.6. The summed E-state index contributed by atoms with van der Waals surface area (Å²) in [5.41, 5.74) is 0.865. The van der Waals surface area contributed by atoms with E-state index in [0.29, 0.717) is 22.8 Å². The van der Waals surface area contributed by atoms with Gasteiger partial charge in [0.2, 0.25) is 5.89 Å². The Morgan fingerprint density at radius 3 is 2.23 bits per heavy atom. The summed E-state index contributed by atoms with van der Waals surface area (Å²) in [6.45, 7) is 10.8. The van der Waals surface area contributed by atoms with Gasteiger partial charge in [-0.1, -0.05) is 31.1 Å². The standard InChI is InChI=1S/C14H21N3O4S/c1-8-11(9(2)20-16-8)7-22(18,19)10(3)12-15-13(17-21-12)14(4,5)6/h10H,7H2,1-6H3/t10-/m1/s1. The summed E-state index contributed by atoms with van der Waals surface area (Å²) in [4.78, 5) is 4.23. The molecule has 122 valence electrons. The third kappa shape index (κ3) is 3.21. The third-order valence-corrected chi connectivity index (χ3v) is 5.50. The van der Waals surface area contributed by atoms with Gasteiger partial charge >= 0.3 is 0 Å². The van der Waals surface area contributed by atoms with Crippen LogP contribution in [0.25, 0.3) is 0 Å². The lowest BCUT2D eigenvalue weighted by atomic mass is 9.96. The summed E-state index contributed by atoms with van der Waals surface area (Å²) in [6.07, 6.45) is 0. The second-order valence-electron chi connectivity index (χ2n) is 6.46. The molecule has 1 atom stereocenters. The number of aryl methyl sites for hydroxylation is 2. The first-order valence-electron chi connectivity index (χ1n) is 7.00. The smallest absolute Gasteiger partial charge is 0.244 e. The van der Waals surface area contributed by atoms with Gasteiger partial charge in [-0.05, 0) is 20.8 Å². The fraction of sp³-hybridized carbons (Fsp3) is 0.643. The number of nitrogens with zero attached hydrogens (tertiary/aromatic N) is 3. The van der Waals surface area contributed by atoms with Gasteiger partial charge in [-0.25, -0.2) is 8.42 Å². The van der Waals surface area contributed by atoms with Gasteiger partial charge in [-0.3, -0.25) is 0 Å². The zero-order chi connectivity index (χ0) is 16.7. The van der Waals surface area contributed by atoms with E-state index in [1.54, 1.807) is 20.8 Å². The molecule has 0 aliphatic rings. The first-order chi connectivity index (χ1) is 10.0. The molecule has 0 spiro atoms. The summed E-state index contributed by atoms with van der Waals surface area (Å²) < 4.78 is 35.3. The molecule has 7 nitrogen and oxygen atoms in total. The van der Waals surface area contributed by atoms with Gasteiger partial charge in [0.25, 0.3) is 0 Å². The van der Waals surface area contributed by atoms with Crippen LogP contribution in [0.5, 0.6) is 0 Å². The van der Waals surface area contributed by atoms with Crippen molar-refractivity contribution in [2.24, 2.45) is 0 Å². The van der Waals surface area contributed by atoms with Crippen LogP contribution >= 0.6 is 0 Å². The molecule has 0 saturated heterocycles. The van der Waals surface area contributed by atoms with Crippen LogP contribution in [0.4, 0.5) is 0 Å². The van der Waals surface area contributed by atoms with Crippen molar-refractivity contribution in [2.75, 3.05) is 0 Å². The van der Waals surface area contributed by atoms with Crippen molar-refractivity contribution in [3.05, 3.63) is 28.7 Å². The van der Waals surface area contributed by atoms with Crippen molar-refractivity contribution in [3.8, 4) is 0 Å². The molecule has 2 aromatic heterocycles. The Bertz CT molecular complexity index is 749. The predicted octanol–water partition coefficient (Wildman–Crippen LogP) is 2.65. The van der Waals surface area contributed by atoms with Crippen LogP contribution in [0, 0.1) is 13.8 Å². The summed E-state index contributed by atoms with van der Waals surface area (Å²) >= 11 is 0. The zero-order valence-electron chi connectivity index (χ0n) is 13.7. The minimum Gasteiger partial charge on any atom is -0.361 e. The zero-order valence-corrected chi connectivity index (χ0v) is 14.5. The largest absolute Gasteiger partial charge is 0.361 e. The first kappa shape index (κ1) is 16.7. The van der Waals surface area contributed by atoms with Gasteiger partial charge in [0, 0.05) is 11.0 Å². The normalized spacial score (nSPS) is 14.3. The Morgan fingerprint density at radius 2 is 1.77 bits per heavy atom. The molecular weight excluding hydrogens is 306 g/mol. The maximum Gasteiger partial charge on any atom is 0.244 e. The van der Waals surface area contributed by atoms with E-state index in [0.717, 1.165) is 0 Å². The molecule has 2 heterocycles. The molecule has 22 heavy (non-hydrogen) atoms. The summed E-state index contributed by atoms with van der Waals surface area (Å²) in [7, 11) is -3.51. The second kappa shape index (κ2) is 5.49. The first-order valence-corrected chi connectivity index (χ1v) is 8.71. The monoisotopic (exact) mass is 327 g/mol. The van der Waals surface area contributed by atoms with E-state index in [-0.39, 0.29) is 17.1 Å². The van der Waals surface area contributed by atoms with Crippen molar-refractivity contribution >= 4 is 9.84 Å². The minimum atomic E-state index is -3.51. The van der Waals surface area contributed by atoms with E-state index in [2.05, 4.69) is 15.3 Å². The van der Waals surface area contributed by atoms with Crippen molar-refractivity contribution < 1.29 is 17.5 Å². The van der Waals surface area contributed by atoms with E-state index in [9.17, 15) is 8.42 Å². The molecule has 2 aromatic rings. The van der Waals surface area contributed by atoms with Crippen molar-refractivity contribution in [1.29, 1.82) is 0 Å². The topological polar surface area (TPSA) is 99.1 Å². The van der Waals surface area contributed by atoms with Gasteiger partial charge in [0.15, 0.2) is 15.7 Å². The van der Waals surface area contributed by atoms with E-state index < -0.39 is 15.1 Å². The Labute approximate surface area is 130 Å². The molecular formula is C14H21N3O4S. The predicted molar refractivity (Wildman–Crippen MR) is 80.0 cm³/mol. The van der Waals surface area contributed by atoms with Crippen LogP contribution in [0.3, 0.4) is 0 Å². The molecule has 0 fully saturated rings. The summed E-state index contributed by atoms with van der Waals surface area (Å²) in [5, 5.41) is 6.77. The molecule has 0 aliphatic heterocycles. The number of hydrogen-bond acceptors (Lipinski definition) is 7. The van der Waals surface area contributed by atoms with E-state index >= 15 is 0 Å². The lowest BCUT2D eigenvalue weighted by molar-refractivity contribution is 0.361. The lowest BCUT2D eigenvalue weighted by Gasteiger charge is -2.11. The highest BCUT2D eigenvalue weighted by molar-refractivity contribution is 7.90. The number of rotatable bonds is 4. The average Bonchev–Trinajstić information content (AvgIpc) is 2.99. The van der Waals surface area contributed by atoms with Gasteiger partial charge in [-0.2, -0.15) is 4.98 Å². The number of aromatic nitrogens is 3. The van der Waals surface area contributed by atoms with Gasteiger partial charge in [-0.15, -0.1) is 0 Å². The van der Waals surface area contributed by atoms with Crippen molar-refractivity contribution in [2.45, 2.75) is 58.0 Å². The molecule has 0 saturated carbocycles. The fourth-order valence-electron chi connectivity index (χ4n) is 1.89. The van der Waals surface area contributed by atoms with Gasteiger partial charge in [0.05, 0.1) is 11.4 Å².